The molecule has 0 aliphatic carbocycles. The highest BCUT2D eigenvalue weighted by Crippen LogP contribution is 2.64. The average Bonchev–Trinajstić information content (AvgIpc) is 2.09. The van der Waals surface area contributed by atoms with Crippen LogP contribution in [-0.2, 0) is 0 Å². The zero-order valence-corrected chi connectivity index (χ0v) is 7.37. The van der Waals surface area contributed by atoms with Gasteiger partial charge in [0.2, 0.25) is 29.1 Å². The Labute approximate surface area is 78.2 Å². The molecule has 15 heavy (non-hydrogen) atoms. The second kappa shape index (κ2) is 3.59. The topological polar surface area (TPSA) is 0 Å². The fourth-order valence-corrected chi connectivity index (χ4v) is 1.46. The lowest BCUT2D eigenvalue weighted by Crippen LogP contribution is -2.19. The van der Waals surface area contributed by atoms with E-state index in [1.54, 1.807) is 0 Å². The third-order valence-electron chi connectivity index (χ3n) is 1.44. The normalized spacial score (nSPS) is 12.0. The van der Waals surface area contributed by atoms with E-state index in [9.17, 15) is 34.5 Å². The van der Waals surface area contributed by atoms with Gasteiger partial charge < -0.3 is 0 Å². The van der Waals surface area contributed by atoms with Crippen molar-refractivity contribution in [3.8, 4) is 0 Å². The molecule has 1 rings (SSSR count). The first-order chi connectivity index (χ1) is 6.68. The first-order valence-electron chi connectivity index (χ1n) is 3.18. The molecule has 0 unspecified atom stereocenters. The van der Waals surface area contributed by atoms with E-state index in [2.05, 4.69) is 0 Å². The van der Waals surface area contributed by atoms with Gasteiger partial charge in [0.05, 0.1) is 0 Å². The monoisotopic (exact) mass is 255 g/mol. The third kappa shape index (κ3) is 1.90. The predicted octanol–water partition coefficient (Wildman–Crippen LogP) is 3.68. The van der Waals surface area contributed by atoms with Gasteiger partial charge in [-0.05, 0) is 0 Å². The second-order valence-electron chi connectivity index (χ2n) is 2.36. The minimum absolute atomic E-state index is 2.61. The van der Waals surface area contributed by atoms with Crippen LogP contribution in [0.15, 0.2) is 0 Å². The van der Waals surface area contributed by atoms with Crippen LogP contribution in [0.5, 0.6) is 0 Å². The minimum atomic E-state index is -6.81. The van der Waals surface area contributed by atoms with Crippen LogP contribution in [0.25, 0.3) is 0 Å². The first-order valence-corrected chi connectivity index (χ1v) is 4.64. The summed E-state index contributed by atoms with van der Waals surface area (Å²) in [5, 5.41) is -2.68. The molecule has 0 N–H and O–H groups in total. The molecule has 84 valence electrons. The van der Waals surface area contributed by atoms with Gasteiger partial charge in [0, 0.05) is 12.6 Å². The van der Waals surface area contributed by atoms with E-state index in [0.29, 0.717) is 0 Å². The van der Waals surface area contributed by atoms with Gasteiger partial charge in [0.25, 0.3) is 5.30 Å². The van der Waals surface area contributed by atoms with E-state index in [4.69, 9.17) is 0 Å². The Morgan fingerprint density at radius 3 is 1.07 bits per heavy atom. The van der Waals surface area contributed by atoms with Crippen molar-refractivity contribution in [1.29, 1.82) is 0 Å². The van der Waals surface area contributed by atoms with Crippen molar-refractivity contribution in [2.45, 2.75) is 0 Å². The fourth-order valence-electron chi connectivity index (χ4n) is 0.816. The molecule has 0 radical (unpaired) electrons. The Balaban J connectivity index is 3.68. The number of hydrogen-bond acceptors (Lipinski definition) is 0. The van der Waals surface area contributed by atoms with E-state index >= 15 is 0 Å². The van der Waals surface area contributed by atoms with E-state index in [1.165, 1.54) is 0 Å². The zero-order chi connectivity index (χ0) is 12.0. The van der Waals surface area contributed by atoms with Crippen LogP contribution >= 0.6 is 8.19 Å². The van der Waals surface area contributed by atoms with Crippen LogP contribution in [0, 0.1) is 29.1 Å². The SMILES string of the molecule is Fc1c(F)c(F)c([P+](F)(F)F)c(F)c1F. The summed E-state index contributed by atoms with van der Waals surface area (Å²) in [5.41, 5.74) is 0. The number of hydrogen-bond donors (Lipinski definition) is 0. The lowest BCUT2D eigenvalue weighted by molar-refractivity contribution is 0.382. The molecular formula is C6F8P+. The molecule has 0 aromatic heterocycles. The highest BCUT2D eigenvalue weighted by molar-refractivity contribution is 7.68. The Kier molecular flexibility index (Phi) is 2.91. The standard InChI is InChI=1S/C6F8P/c7-1-2(8)4(10)6(15(12,13)14)5(11)3(1)9/q+1. The number of benzene rings is 1. The molecule has 0 saturated carbocycles. The summed E-state index contributed by atoms with van der Waals surface area (Å²) in [6.45, 7) is 0. The molecule has 0 aliphatic heterocycles. The summed E-state index contributed by atoms with van der Waals surface area (Å²) >= 11 is 0. The van der Waals surface area contributed by atoms with Gasteiger partial charge >= 0.3 is 8.19 Å². The molecule has 0 saturated heterocycles. The number of rotatable bonds is 1. The summed E-state index contributed by atoms with van der Waals surface area (Å²) in [6, 6.07) is 0. The van der Waals surface area contributed by atoms with E-state index in [-0.39, 0.29) is 0 Å². The molecule has 0 fully saturated rings. The maximum Gasteiger partial charge on any atom is 0.608 e. The van der Waals surface area contributed by atoms with Crippen molar-refractivity contribution < 1.29 is 34.5 Å². The quantitative estimate of drug-likeness (QED) is 0.311. The summed E-state index contributed by atoms with van der Waals surface area (Å²) < 4.78 is 97.8. The molecule has 0 amide bonds. The van der Waals surface area contributed by atoms with Crippen LogP contribution in [0.1, 0.15) is 0 Å². The maximum absolute atomic E-state index is 12.5. The molecule has 0 atom stereocenters. The van der Waals surface area contributed by atoms with Crippen molar-refractivity contribution in [3.63, 3.8) is 0 Å². The molecule has 0 heterocycles. The highest BCUT2D eigenvalue weighted by atomic mass is 31.3. The van der Waals surface area contributed by atoms with Gasteiger partial charge in [-0.2, -0.15) is 8.78 Å². The molecule has 0 bridgehead atoms. The Bertz CT molecular complexity index is 380. The highest BCUT2D eigenvalue weighted by Gasteiger charge is 2.55. The molecule has 1 aromatic carbocycles. The Hall–Kier alpha value is -0.910. The van der Waals surface area contributed by atoms with Crippen molar-refractivity contribution in [2.24, 2.45) is 0 Å². The molecule has 0 aliphatic rings. The molecule has 0 spiro atoms. The van der Waals surface area contributed by atoms with Gasteiger partial charge in [-0.1, -0.05) is 0 Å². The lowest BCUT2D eigenvalue weighted by atomic mass is 10.3. The van der Waals surface area contributed by atoms with Crippen molar-refractivity contribution in [2.75, 3.05) is 0 Å². The Morgan fingerprint density at radius 1 is 0.533 bits per heavy atom. The minimum Gasteiger partial charge on any atom is -0.200 e. The van der Waals surface area contributed by atoms with Crippen molar-refractivity contribution >= 4 is 13.5 Å². The van der Waals surface area contributed by atoms with Crippen molar-refractivity contribution in [1.82, 2.24) is 0 Å². The largest absolute Gasteiger partial charge is 0.608 e. The van der Waals surface area contributed by atoms with Crippen LogP contribution in [0.4, 0.5) is 34.5 Å². The fraction of sp³-hybridized carbons (Fsp3) is 0. The summed E-state index contributed by atoms with van der Waals surface area (Å²) in [7, 11) is -6.81. The maximum atomic E-state index is 12.5. The summed E-state index contributed by atoms with van der Waals surface area (Å²) in [4.78, 5) is 0. The first kappa shape index (κ1) is 12.2. The van der Waals surface area contributed by atoms with Gasteiger partial charge in [-0.25, -0.2) is 13.2 Å². The molecule has 0 nitrogen and oxygen atoms in total. The van der Waals surface area contributed by atoms with Gasteiger partial charge in [0.1, 0.15) is 0 Å². The average molecular weight is 255 g/mol. The van der Waals surface area contributed by atoms with Crippen molar-refractivity contribution in [3.05, 3.63) is 29.1 Å². The van der Waals surface area contributed by atoms with E-state index in [0.717, 1.165) is 0 Å². The summed E-state index contributed by atoms with van der Waals surface area (Å²) in [5.74, 6) is -13.5. The van der Waals surface area contributed by atoms with Crippen LogP contribution in [0.3, 0.4) is 0 Å². The van der Waals surface area contributed by atoms with Crippen LogP contribution in [-0.4, -0.2) is 0 Å². The predicted molar refractivity (Wildman–Crippen MR) is 36.1 cm³/mol. The third-order valence-corrected chi connectivity index (χ3v) is 2.34. The second-order valence-corrected chi connectivity index (χ2v) is 3.70. The van der Waals surface area contributed by atoms with E-state index in [1.807, 2.05) is 0 Å². The zero-order valence-electron chi connectivity index (χ0n) is 6.47. The van der Waals surface area contributed by atoms with Gasteiger partial charge in [-0.3, -0.25) is 0 Å². The van der Waals surface area contributed by atoms with Crippen LogP contribution < -0.4 is 5.30 Å². The van der Waals surface area contributed by atoms with Gasteiger partial charge in [0.15, 0.2) is 0 Å². The Morgan fingerprint density at radius 2 is 0.800 bits per heavy atom. The smallest absolute Gasteiger partial charge is 0.200 e. The van der Waals surface area contributed by atoms with Gasteiger partial charge in [-0.15, -0.1) is 0 Å². The molecule has 1 aromatic rings. The lowest BCUT2D eigenvalue weighted by Gasteiger charge is -2.02. The van der Waals surface area contributed by atoms with Crippen LogP contribution in [0.2, 0.25) is 0 Å². The molecule has 9 heteroatoms. The van der Waals surface area contributed by atoms with E-state index < -0.39 is 42.6 Å². The summed E-state index contributed by atoms with van der Waals surface area (Å²) in [6.07, 6.45) is 0. The molecular weight excluding hydrogens is 255 g/mol. The number of halogens is 8.